The third-order valence-corrected chi connectivity index (χ3v) is 5.67. The van der Waals surface area contributed by atoms with Crippen LogP contribution in [0.2, 0.25) is 0 Å². The van der Waals surface area contributed by atoms with Crippen molar-refractivity contribution in [3.05, 3.63) is 71.7 Å². The maximum absolute atomic E-state index is 14.0. The summed E-state index contributed by atoms with van der Waals surface area (Å²) in [7, 11) is -2.58. The largest absolute Gasteiger partial charge is 0.465 e. The van der Waals surface area contributed by atoms with Crippen molar-refractivity contribution < 1.29 is 27.1 Å². The number of fused-ring (bicyclic) bond motifs is 1. The van der Waals surface area contributed by atoms with Crippen LogP contribution in [0.4, 0.5) is 4.39 Å². The Morgan fingerprint density at radius 2 is 1.76 bits per heavy atom. The Bertz CT molecular complexity index is 1190. The van der Waals surface area contributed by atoms with E-state index in [0.29, 0.717) is 10.9 Å². The predicted octanol–water partition coefficient (Wildman–Crippen LogP) is 2.67. The van der Waals surface area contributed by atoms with Crippen molar-refractivity contribution in [2.45, 2.75) is 6.54 Å². The lowest BCUT2D eigenvalue weighted by molar-refractivity contribution is 0.0603. The van der Waals surface area contributed by atoms with E-state index in [1.807, 2.05) is 0 Å². The number of sulfonamides is 1. The van der Waals surface area contributed by atoms with E-state index in [4.69, 9.17) is 4.74 Å². The average Bonchev–Trinajstić information content (AvgIpc) is 3.07. The van der Waals surface area contributed by atoms with Gasteiger partial charge in [-0.1, -0.05) is 36.4 Å². The van der Waals surface area contributed by atoms with Crippen molar-refractivity contribution in [2.24, 2.45) is 0 Å². The van der Waals surface area contributed by atoms with Crippen LogP contribution < -0.4 is 0 Å². The van der Waals surface area contributed by atoms with Crippen molar-refractivity contribution in [1.29, 1.82) is 0 Å². The molecule has 9 heteroatoms. The number of nitrogens with zero attached hydrogens (tertiary/aromatic N) is 2. The van der Waals surface area contributed by atoms with Crippen LogP contribution in [0, 0.1) is 5.82 Å². The van der Waals surface area contributed by atoms with Crippen molar-refractivity contribution in [1.82, 2.24) is 8.87 Å². The molecular weight excluding hydrogens is 399 g/mol. The number of benzene rings is 2. The number of carbonyl (C=O) groups is 2. The monoisotopic (exact) mass is 418 g/mol. The summed E-state index contributed by atoms with van der Waals surface area (Å²) in [5.41, 5.74) is 0.784. The van der Waals surface area contributed by atoms with Gasteiger partial charge in [-0.05, 0) is 12.1 Å². The summed E-state index contributed by atoms with van der Waals surface area (Å²) >= 11 is 0. The number of para-hydroxylation sites is 1. The van der Waals surface area contributed by atoms with E-state index in [1.54, 1.807) is 30.3 Å². The van der Waals surface area contributed by atoms with Crippen LogP contribution >= 0.6 is 0 Å². The molecule has 0 saturated heterocycles. The molecule has 0 aliphatic carbocycles. The summed E-state index contributed by atoms with van der Waals surface area (Å²) in [6.07, 6.45) is 2.27. The molecule has 0 unspecified atom stereocenters. The zero-order valence-corrected chi connectivity index (χ0v) is 16.6. The second-order valence-electron chi connectivity index (χ2n) is 6.44. The first kappa shape index (κ1) is 20.7. The molecule has 3 aromatic rings. The Hall–Kier alpha value is -3.04. The molecule has 0 aliphatic heterocycles. The highest BCUT2D eigenvalue weighted by Crippen LogP contribution is 2.22. The summed E-state index contributed by atoms with van der Waals surface area (Å²) in [5, 5.41) is 0.507. The predicted molar refractivity (Wildman–Crippen MR) is 106 cm³/mol. The summed E-state index contributed by atoms with van der Waals surface area (Å²) in [6.45, 7) is -0.813. The standard InChI is InChI=1S/C20H19FN2O5S/c1-28-20(25)16-12-23(18-10-6-4-8-15(16)18)19(24)13-22(29(2,26)27)11-14-7-3-5-9-17(14)21/h3-10,12H,11,13H2,1-2H3. The summed E-state index contributed by atoms with van der Waals surface area (Å²) in [4.78, 5) is 25.0. The van der Waals surface area contributed by atoms with Gasteiger partial charge < -0.3 is 4.74 Å². The number of aromatic nitrogens is 1. The van der Waals surface area contributed by atoms with Gasteiger partial charge in [0.2, 0.25) is 15.9 Å². The molecule has 7 nitrogen and oxygen atoms in total. The number of ether oxygens (including phenoxy) is 1. The van der Waals surface area contributed by atoms with Gasteiger partial charge in [-0.15, -0.1) is 0 Å². The number of hydrogen-bond acceptors (Lipinski definition) is 5. The molecule has 0 radical (unpaired) electrons. The van der Waals surface area contributed by atoms with Gasteiger partial charge in [0.05, 0.1) is 31.0 Å². The third kappa shape index (κ3) is 4.36. The molecule has 3 rings (SSSR count). The summed E-state index contributed by atoms with van der Waals surface area (Å²) in [5.74, 6) is -1.76. The number of hydrogen-bond donors (Lipinski definition) is 0. The first-order valence-electron chi connectivity index (χ1n) is 8.62. The second-order valence-corrected chi connectivity index (χ2v) is 8.42. The van der Waals surface area contributed by atoms with Gasteiger partial charge in [-0.2, -0.15) is 4.31 Å². The lowest BCUT2D eigenvalue weighted by atomic mass is 10.2. The SMILES string of the molecule is COC(=O)c1cn(C(=O)CN(Cc2ccccc2F)S(C)(=O)=O)c2ccccc12. The van der Waals surface area contributed by atoms with Gasteiger partial charge in [0.15, 0.2) is 0 Å². The Kier molecular flexibility index (Phi) is 5.81. The maximum atomic E-state index is 14.0. The molecule has 29 heavy (non-hydrogen) atoms. The number of methoxy groups -OCH3 is 1. The molecule has 0 N–H and O–H groups in total. The van der Waals surface area contributed by atoms with Crippen LogP contribution in [0.25, 0.3) is 10.9 Å². The van der Waals surface area contributed by atoms with Crippen LogP contribution in [0.15, 0.2) is 54.7 Å². The molecule has 0 fully saturated rings. The minimum atomic E-state index is -3.81. The minimum Gasteiger partial charge on any atom is -0.465 e. The van der Waals surface area contributed by atoms with Gasteiger partial charge in [0.1, 0.15) is 5.82 Å². The number of esters is 1. The minimum absolute atomic E-state index is 0.151. The van der Waals surface area contributed by atoms with Crippen LogP contribution in [0.5, 0.6) is 0 Å². The van der Waals surface area contributed by atoms with E-state index >= 15 is 0 Å². The first-order chi connectivity index (χ1) is 13.7. The molecule has 1 aromatic heterocycles. The summed E-state index contributed by atoms with van der Waals surface area (Å²) in [6, 6.07) is 12.5. The average molecular weight is 418 g/mol. The van der Waals surface area contributed by atoms with E-state index in [2.05, 4.69) is 0 Å². The zero-order valence-electron chi connectivity index (χ0n) is 15.8. The highest BCUT2D eigenvalue weighted by Gasteiger charge is 2.25. The smallest absolute Gasteiger partial charge is 0.340 e. The highest BCUT2D eigenvalue weighted by atomic mass is 32.2. The fraction of sp³-hybridized carbons (Fsp3) is 0.200. The Morgan fingerprint density at radius 3 is 2.41 bits per heavy atom. The van der Waals surface area contributed by atoms with Crippen molar-refractivity contribution in [2.75, 3.05) is 19.9 Å². The Labute approximate surface area is 167 Å². The number of carbonyl (C=O) groups excluding carboxylic acids is 2. The molecule has 0 aliphatic rings. The molecule has 0 saturated carbocycles. The van der Waals surface area contributed by atoms with Crippen LogP contribution in [-0.4, -0.2) is 49.1 Å². The fourth-order valence-corrected chi connectivity index (χ4v) is 3.71. The highest BCUT2D eigenvalue weighted by molar-refractivity contribution is 7.88. The van der Waals surface area contributed by atoms with E-state index in [-0.39, 0.29) is 17.7 Å². The van der Waals surface area contributed by atoms with Gasteiger partial charge in [0, 0.05) is 23.7 Å². The van der Waals surface area contributed by atoms with Crippen molar-refractivity contribution in [3.63, 3.8) is 0 Å². The molecule has 152 valence electrons. The first-order valence-corrected chi connectivity index (χ1v) is 10.5. The van der Waals surface area contributed by atoms with Crippen LogP contribution in [0.1, 0.15) is 20.7 Å². The number of halogens is 1. The van der Waals surface area contributed by atoms with E-state index in [9.17, 15) is 22.4 Å². The quantitative estimate of drug-likeness (QED) is 0.575. The Balaban J connectivity index is 1.97. The van der Waals surface area contributed by atoms with Gasteiger partial charge >= 0.3 is 5.97 Å². The molecule has 0 spiro atoms. The zero-order chi connectivity index (χ0) is 21.2. The van der Waals surface area contributed by atoms with Crippen LogP contribution in [-0.2, 0) is 21.3 Å². The van der Waals surface area contributed by atoms with Gasteiger partial charge in [-0.3, -0.25) is 9.36 Å². The topological polar surface area (TPSA) is 85.7 Å². The second kappa shape index (κ2) is 8.14. The van der Waals surface area contributed by atoms with Gasteiger partial charge in [-0.25, -0.2) is 17.6 Å². The molecule has 2 aromatic carbocycles. The van der Waals surface area contributed by atoms with Gasteiger partial charge in [0.25, 0.3) is 0 Å². The maximum Gasteiger partial charge on any atom is 0.340 e. The molecule has 0 bridgehead atoms. The number of rotatable bonds is 6. The molecule has 0 atom stereocenters. The Morgan fingerprint density at radius 1 is 1.10 bits per heavy atom. The van der Waals surface area contributed by atoms with E-state index in [1.165, 1.54) is 36.1 Å². The van der Waals surface area contributed by atoms with E-state index in [0.717, 1.165) is 10.6 Å². The summed E-state index contributed by atoms with van der Waals surface area (Å²) < 4.78 is 45.2. The normalized spacial score (nSPS) is 11.7. The lowest BCUT2D eigenvalue weighted by Crippen LogP contribution is -2.36. The molecule has 0 amide bonds. The van der Waals surface area contributed by atoms with Crippen molar-refractivity contribution in [3.8, 4) is 0 Å². The lowest BCUT2D eigenvalue weighted by Gasteiger charge is -2.20. The molecular formula is C20H19FN2O5S. The van der Waals surface area contributed by atoms with Crippen LogP contribution in [0.3, 0.4) is 0 Å². The van der Waals surface area contributed by atoms with Crippen molar-refractivity contribution >= 4 is 32.8 Å². The fourth-order valence-electron chi connectivity index (χ4n) is 2.99. The third-order valence-electron chi connectivity index (χ3n) is 4.47. The molecule has 1 heterocycles. The van der Waals surface area contributed by atoms with E-state index < -0.39 is 34.3 Å².